The van der Waals surface area contributed by atoms with E-state index in [4.69, 9.17) is 9.47 Å². The van der Waals surface area contributed by atoms with Crippen LogP contribution in [-0.4, -0.2) is 33.8 Å². The van der Waals surface area contributed by atoms with E-state index >= 15 is 0 Å². The van der Waals surface area contributed by atoms with Crippen LogP contribution >= 0.6 is 0 Å². The van der Waals surface area contributed by atoms with E-state index in [2.05, 4.69) is 5.43 Å². The van der Waals surface area contributed by atoms with Gasteiger partial charge in [0, 0.05) is 13.0 Å². The van der Waals surface area contributed by atoms with Crippen LogP contribution in [0, 0.1) is 0 Å². The Morgan fingerprint density at radius 3 is 1.97 bits per heavy atom. The number of nitrogens with one attached hydrogen (secondary N) is 1. The first-order valence-corrected chi connectivity index (χ1v) is 11.0. The highest BCUT2D eigenvalue weighted by Gasteiger charge is 2.29. The van der Waals surface area contributed by atoms with E-state index in [1.165, 1.54) is 5.01 Å². The molecule has 0 heterocycles. The molecule has 0 bridgehead atoms. The van der Waals surface area contributed by atoms with Gasteiger partial charge in [-0.1, -0.05) is 60.7 Å². The average Bonchev–Trinajstić information content (AvgIpc) is 2.78. The summed E-state index contributed by atoms with van der Waals surface area (Å²) in [5.41, 5.74) is 3.57. The van der Waals surface area contributed by atoms with Gasteiger partial charge < -0.3 is 14.6 Å². The Balaban J connectivity index is 1.77. The van der Waals surface area contributed by atoms with Crippen molar-refractivity contribution in [2.45, 2.75) is 45.4 Å². The van der Waals surface area contributed by atoms with Crippen molar-refractivity contribution in [3.8, 4) is 11.5 Å². The molecule has 0 spiro atoms. The molecule has 0 aliphatic rings. The van der Waals surface area contributed by atoms with Gasteiger partial charge in [0.05, 0.1) is 0 Å². The predicted molar refractivity (Wildman–Crippen MR) is 129 cm³/mol. The van der Waals surface area contributed by atoms with Crippen LogP contribution in [0.1, 0.15) is 31.9 Å². The van der Waals surface area contributed by atoms with E-state index in [1.54, 1.807) is 32.9 Å². The predicted octanol–water partition coefficient (Wildman–Crippen LogP) is 5.42. The number of amides is 1. The number of nitrogens with zero attached hydrogens (tertiary/aromatic N) is 1. The van der Waals surface area contributed by atoms with Crippen molar-refractivity contribution in [2.75, 3.05) is 0 Å². The van der Waals surface area contributed by atoms with Crippen LogP contribution in [0.3, 0.4) is 0 Å². The van der Waals surface area contributed by atoms with Crippen molar-refractivity contribution in [3.05, 3.63) is 96.1 Å². The van der Waals surface area contributed by atoms with E-state index in [9.17, 15) is 14.7 Å². The second-order valence-electron chi connectivity index (χ2n) is 8.84. The van der Waals surface area contributed by atoms with Crippen LogP contribution in [-0.2, 0) is 22.5 Å². The lowest BCUT2D eigenvalue weighted by atomic mass is 10.0. The SMILES string of the molecule is CC(C)(C)OC(=O)NN(Cc1ccccc1)[C@@H](Cc1ccc(Oc2ccccc2)cc1)C(=O)O. The van der Waals surface area contributed by atoms with E-state index in [0.29, 0.717) is 11.5 Å². The molecule has 7 nitrogen and oxygen atoms in total. The number of hydrazine groups is 1. The molecule has 0 aromatic heterocycles. The maximum Gasteiger partial charge on any atom is 0.422 e. The van der Waals surface area contributed by atoms with E-state index in [-0.39, 0.29) is 13.0 Å². The maximum atomic E-state index is 12.5. The minimum Gasteiger partial charge on any atom is -0.480 e. The number of para-hydroxylation sites is 1. The van der Waals surface area contributed by atoms with Crippen LogP contribution in [0.5, 0.6) is 11.5 Å². The van der Waals surface area contributed by atoms with Crippen molar-refractivity contribution < 1.29 is 24.2 Å². The fourth-order valence-electron chi connectivity index (χ4n) is 3.30. The quantitative estimate of drug-likeness (QED) is 0.413. The molecular weight excluding hydrogens is 432 g/mol. The second kappa shape index (κ2) is 11.3. The van der Waals surface area contributed by atoms with Gasteiger partial charge in [-0.15, -0.1) is 0 Å². The van der Waals surface area contributed by atoms with Crippen molar-refractivity contribution in [1.82, 2.24) is 10.4 Å². The zero-order valence-corrected chi connectivity index (χ0v) is 19.6. The summed E-state index contributed by atoms with van der Waals surface area (Å²) in [4.78, 5) is 24.7. The third-order valence-electron chi connectivity index (χ3n) is 4.82. The minimum absolute atomic E-state index is 0.170. The van der Waals surface area contributed by atoms with Crippen LogP contribution < -0.4 is 10.2 Å². The molecule has 2 N–H and O–H groups in total. The normalized spacial score (nSPS) is 12.1. The van der Waals surface area contributed by atoms with Gasteiger partial charge in [-0.3, -0.25) is 10.2 Å². The van der Waals surface area contributed by atoms with Gasteiger partial charge in [0.2, 0.25) is 0 Å². The number of hydrogen-bond acceptors (Lipinski definition) is 5. The van der Waals surface area contributed by atoms with Gasteiger partial charge in [0.25, 0.3) is 0 Å². The van der Waals surface area contributed by atoms with Gasteiger partial charge in [0.1, 0.15) is 23.1 Å². The molecule has 1 atom stereocenters. The third kappa shape index (κ3) is 7.94. The summed E-state index contributed by atoms with van der Waals surface area (Å²) in [5, 5.41) is 11.4. The topological polar surface area (TPSA) is 88.1 Å². The summed E-state index contributed by atoms with van der Waals surface area (Å²) in [6.07, 6.45) is -0.537. The number of carbonyl (C=O) groups excluding carboxylic acids is 1. The third-order valence-corrected chi connectivity index (χ3v) is 4.82. The smallest absolute Gasteiger partial charge is 0.422 e. The fourth-order valence-corrected chi connectivity index (χ4v) is 3.30. The molecule has 1 amide bonds. The number of carboxylic acids is 1. The number of ether oxygens (including phenoxy) is 2. The van der Waals surface area contributed by atoms with Gasteiger partial charge in [-0.05, 0) is 56.2 Å². The molecule has 0 unspecified atom stereocenters. The van der Waals surface area contributed by atoms with Crippen molar-refractivity contribution in [2.24, 2.45) is 0 Å². The van der Waals surface area contributed by atoms with Crippen molar-refractivity contribution >= 4 is 12.1 Å². The number of carbonyl (C=O) groups is 2. The molecule has 0 aliphatic carbocycles. The number of carboxylic acid groups (broad SMARTS) is 1. The van der Waals surface area contributed by atoms with Crippen molar-refractivity contribution in [1.29, 1.82) is 0 Å². The van der Waals surface area contributed by atoms with Crippen LogP contribution in [0.2, 0.25) is 0 Å². The molecule has 3 rings (SSSR count). The van der Waals surface area contributed by atoms with Crippen molar-refractivity contribution in [3.63, 3.8) is 0 Å². The summed E-state index contributed by atoms with van der Waals surface area (Å²) >= 11 is 0. The lowest BCUT2D eigenvalue weighted by Gasteiger charge is -2.30. The molecule has 0 saturated carbocycles. The van der Waals surface area contributed by atoms with Crippen LogP contribution in [0.15, 0.2) is 84.9 Å². The summed E-state index contributed by atoms with van der Waals surface area (Å²) in [6.45, 7) is 5.46. The van der Waals surface area contributed by atoms with Gasteiger partial charge in [-0.2, -0.15) is 5.01 Å². The standard InChI is InChI=1S/C27H30N2O5/c1-27(2,3)34-26(32)28-29(19-21-10-6-4-7-11-21)24(25(30)31)18-20-14-16-23(17-15-20)33-22-12-8-5-9-13-22/h4-17,24H,18-19H2,1-3H3,(H,28,32)(H,30,31)/t24-/m0/s1. The molecular formula is C27H30N2O5. The van der Waals surface area contributed by atoms with Gasteiger partial charge in [0.15, 0.2) is 0 Å². The average molecular weight is 463 g/mol. The van der Waals surface area contributed by atoms with E-state index in [0.717, 1.165) is 11.1 Å². The zero-order chi connectivity index (χ0) is 24.6. The molecule has 178 valence electrons. The maximum absolute atomic E-state index is 12.5. The first kappa shape index (κ1) is 24.8. The largest absolute Gasteiger partial charge is 0.480 e. The monoisotopic (exact) mass is 462 g/mol. The molecule has 7 heteroatoms. The lowest BCUT2D eigenvalue weighted by Crippen LogP contribution is -2.53. The highest BCUT2D eigenvalue weighted by Crippen LogP contribution is 2.22. The Bertz CT molecular complexity index is 1060. The molecule has 34 heavy (non-hydrogen) atoms. The molecule has 0 aliphatic heterocycles. The highest BCUT2D eigenvalue weighted by molar-refractivity contribution is 5.75. The second-order valence-corrected chi connectivity index (χ2v) is 8.84. The summed E-state index contributed by atoms with van der Waals surface area (Å²) in [5.74, 6) is 0.306. The summed E-state index contributed by atoms with van der Waals surface area (Å²) < 4.78 is 11.2. The number of rotatable bonds is 9. The number of benzene rings is 3. The lowest BCUT2D eigenvalue weighted by molar-refractivity contribution is -0.144. The molecule has 0 saturated heterocycles. The minimum atomic E-state index is -1.06. The van der Waals surface area contributed by atoms with E-state index < -0.39 is 23.7 Å². The Morgan fingerprint density at radius 2 is 1.41 bits per heavy atom. The Hall–Kier alpha value is -3.84. The zero-order valence-electron chi connectivity index (χ0n) is 19.6. The number of hydrogen-bond donors (Lipinski definition) is 2. The number of aliphatic carboxylic acids is 1. The Labute approximate surface area is 199 Å². The molecule has 3 aromatic carbocycles. The first-order chi connectivity index (χ1) is 16.2. The Morgan fingerprint density at radius 1 is 0.853 bits per heavy atom. The Kier molecular flexibility index (Phi) is 8.27. The molecule has 0 fully saturated rings. The first-order valence-electron chi connectivity index (χ1n) is 11.0. The van der Waals surface area contributed by atoms with Gasteiger partial charge in [-0.25, -0.2) is 4.79 Å². The summed E-state index contributed by atoms with van der Waals surface area (Å²) in [6, 6.07) is 25.0. The fraction of sp³-hybridized carbons (Fsp3) is 0.259. The molecule has 3 aromatic rings. The molecule has 0 radical (unpaired) electrons. The van der Waals surface area contributed by atoms with Crippen LogP contribution in [0.25, 0.3) is 0 Å². The highest BCUT2D eigenvalue weighted by atomic mass is 16.6. The van der Waals surface area contributed by atoms with Gasteiger partial charge >= 0.3 is 12.1 Å². The van der Waals surface area contributed by atoms with Crippen LogP contribution in [0.4, 0.5) is 4.79 Å². The van der Waals surface area contributed by atoms with E-state index in [1.807, 2.05) is 72.8 Å². The summed E-state index contributed by atoms with van der Waals surface area (Å²) in [7, 11) is 0.